The van der Waals surface area contributed by atoms with Crippen molar-refractivity contribution >= 4 is 40.0 Å². The number of hydrogen-bond acceptors (Lipinski definition) is 4. The summed E-state index contributed by atoms with van der Waals surface area (Å²) in [4.78, 5) is 14.9. The molecule has 0 aliphatic rings. The van der Waals surface area contributed by atoms with Gasteiger partial charge in [-0.1, -0.05) is 18.7 Å². The highest BCUT2D eigenvalue weighted by Gasteiger charge is 2.13. The summed E-state index contributed by atoms with van der Waals surface area (Å²) in [6.45, 7) is 8.33. The monoisotopic (exact) mass is 423 g/mol. The number of pyridine rings is 2. The van der Waals surface area contributed by atoms with Gasteiger partial charge < -0.3 is 4.98 Å². The first-order chi connectivity index (χ1) is 15.1. The Bertz CT molecular complexity index is 1520. The first-order valence-corrected chi connectivity index (χ1v) is 10.8. The molecule has 0 radical (unpaired) electrons. The number of aromatic amines is 2. The molecule has 0 saturated carbocycles. The van der Waals surface area contributed by atoms with Crippen molar-refractivity contribution in [1.82, 2.24) is 25.1 Å². The molecule has 0 spiro atoms. The fraction of sp³-hybridized carbons (Fsp3) is 0.0800. The normalized spacial score (nSPS) is 12.7. The van der Waals surface area contributed by atoms with Crippen LogP contribution in [0.15, 0.2) is 61.6 Å². The fourth-order valence-electron chi connectivity index (χ4n) is 3.69. The molecule has 0 bridgehead atoms. The van der Waals surface area contributed by atoms with Crippen molar-refractivity contribution in [2.24, 2.45) is 0 Å². The Morgan fingerprint density at radius 1 is 1.16 bits per heavy atom. The zero-order valence-corrected chi connectivity index (χ0v) is 18.1. The van der Waals surface area contributed by atoms with Crippen LogP contribution >= 0.6 is 11.3 Å². The second-order valence-electron chi connectivity index (χ2n) is 7.31. The van der Waals surface area contributed by atoms with E-state index in [1.54, 1.807) is 17.5 Å². The van der Waals surface area contributed by atoms with Crippen LogP contribution in [0, 0.1) is 6.92 Å². The number of nitrogens with one attached hydrogen (secondary N) is 2. The van der Waals surface area contributed by atoms with Crippen molar-refractivity contribution in [3.63, 3.8) is 0 Å². The number of aromatic nitrogens is 5. The van der Waals surface area contributed by atoms with Gasteiger partial charge in [-0.05, 0) is 55.8 Å². The lowest BCUT2D eigenvalue weighted by molar-refractivity contribution is 1.06. The standard InChI is InChI=1S/C25H21N5S/c1-4-20-18(11-15(2)21-7-5-6-10-27-21)25(30-29-20)22-12-17-19(13-26-14-23(17)28-22)24-9-8-16(3)31-24/h4-14,28-29H,2H2,1,3H3/b18-11+,20-4+. The molecule has 5 aromatic heterocycles. The van der Waals surface area contributed by atoms with Crippen LogP contribution in [-0.4, -0.2) is 25.1 Å². The van der Waals surface area contributed by atoms with Crippen molar-refractivity contribution < 1.29 is 0 Å². The number of aryl methyl sites for hydroxylation is 1. The average molecular weight is 424 g/mol. The molecular weight excluding hydrogens is 402 g/mol. The number of H-pyrrole nitrogens is 2. The highest BCUT2D eigenvalue weighted by Crippen LogP contribution is 2.34. The van der Waals surface area contributed by atoms with Crippen LogP contribution in [0.3, 0.4) is 0 Å². The third-order valence-corrected chi connectivity index (χ3v) is 6.28. The molecule has 0 atom stereocenters. The number of allylic oxidation sites excluding steroid dienone is 1. The van der Waals surface area contributed by atoms with Crippen molar-refractivity contribution in [2.75, 3.05) is 0 Å². The quantitative estimate of drug-likeness (QED) is 0.441. The number of fused-ring (bicyclic) bond motifs is 1. The molecule has 0 aromatic carbocycles. The molecule has 5 heterocycles. The minimum Gasteiger partial charge on any atom is -0.352 e. The molecular formula is C25H21N5S. The summed E-state index contributed by atoms with van der Waals surface area (Å²) < 4.78 is 0. The van der Waals surface area contributed by atoms with Crippen LogP contribution in [0.2, 0.25) is 0 Å². The van der Waals surface area contributed by atoms with E-state index >= 15 is 0 Å². The van der Waals surface area contributed by atoms with Gasteiger partial charge in [-0.2, -0.15) is 5.10 Å². The SMILES string of the molecule is C=C(/C=c1/c(-c2cc3c(-c4ccc(C)s4)cncc3[nH]2)n[nH]/c1=C/C)c1ccccn1. The van der Waals surface area contributed by atoms with E-state index in [-0.39, 0.29) is 0 Å². The minimum absolute atomic E-state index is 0.832. The Hall–Kier alpha value is -3.77. The van der Waals surface area contributed by atoms with Crippen LogP contribution < -0.4 is 10.6 Å². The maximum absolute atomic E-state index is 4.61. The van der Waals surface area contributed by atoms with E-state index in [9.17, 15) is 0 Å². The Kier molecular flexibility index (Phi) is 4.84. The summed E-state index contributed by atoms with van der Waals surface area (Å²) >= 11 is 1.77. The molecule has 0 amide bonds. The summed E-state index contributed by atoms with van der Waals surface area (Å²) in [5.74, 6) is 0. The molecule has 5 nitrogen and oxygen atoms in total. The van der Waals surface area contributed by atoms with E-state index in [4.69, 9.17) is 0 Å². The average Bonchev–Trinajstić information content (AvgIpc) is 3.51. The van der Waals surface area contributed by atoms with E-state index in [1.807, 2.05) is 49.7 Å². The van der Waals surface area contributed by atoms with Crippen molar-refractivity contribution in [1.29, 1.82) is 0 Å². The topological polar surface area (TPSA) is 70.2 Å². The highest BCUT2D eigenvalue weighted by molar-refractivity contribution is 7.15. The molecule has 5 rings (SSSR count). The molecule has 5 aromatic rings. The predicted molar refractivity (Wildman–Crippen MR) is 129 cm³/mol. The molecule has 152 valence electrons. The fourth-order valence-corrected chi connectivity index (χ4v) is 4.58. The molecule has 0 aliphatic heterocycles. The molecule has 0 fully saturated rings. The minimum atomic E-state index is 0.832. The molecule has 0 saturated heterocycles. The van der Waals surface area contributed by atoms with E-state index < -0.39 is 0 Å². The Morgan fingerprint density at radius 3 is 2.81 bits per heavy atom. The number of rotatable bonds is 4. The summed E-state index contributed by atoms with van der Waals surface area (Å²) in [5.41, 5.74) is 5.56. The van der Waals surface area contributed by atoms with Crippen molar-refractivity contribution in [2.45, 2.75) is 13.8 Å². The largest absolute Gasteiger partial charge is 0.352 e. The Balaban J connectivity index is 1.68. The first kappa shape index (κ1) is 19.2. The first-order valence-electron chi connectivity index (χ1n) is 10.0. The van der Waals surface area contributed by atoms with Gasteiger partial charge in [-0.15, -0.1) is 11.3 Å². The van der Waals surface area contributed by atoms with Crippen LogP contribution in [0.25, 0.3) is 50.5 Å². The molecule has 2 N–H and O–H groups in total. The maximum atomic E-state index is 4.61. The van der Waals surface area contributed by atoms with Crippen molar-refractivity contribution in [3.8, 4) is 21.8 Å². The molecule has 0 unspecified atom stereocenters. The second kappa shape index (κ2) is 7.81. The highest BCUT2D eigenvalue weighted by atomic mass is 32.1. The summed E-state index contributed by atoms with van der Waals surface area (Å²) in [7, 11) is 0. The van der Waals surface area contributed by atoms with E-state index in [1.165, 1.54) is 9.75 Å². The maximum Gasteiger partial charge on any atom is 0.116 e. The van der Waals surface area contributed by atoms with Gasteiger partial charge in [0.15, 0.2) is 0 Å². The van der Waals surface area contributed by atoms with Gasteiger partial charge >= 0.3 is 0 Å². The Labute approximate surface area is 183 Å². The van der Waals surface area contributed by atoms with Gasteiger partial charge in [0.2, 0.25) is 0 Å². The van der Waals surface area contributed by atoms with Gasteiger partial charge in [0, 0.05) is 38.3 Å². The number of hydrogen-bond donors (Lipinski definition) is 2. The van der Waals surface area contributed by atoms with Crippen LogP contribution in [0.1, 0.15) is 17.5 Å². The molecule has 31 heavy (non-hydrogen) atoms. The lowest BCUT2D eigenvalue weighted by atomic mass is 10.1. The Morgan fingerprint density at radius 2 is 2.06 bits per heavy atom. The van der Waals surface area contributed by atoms with E-state index in [0.29, 0.717) is 0 Å². The van der Waals surface area contributed by atoms with Crippen LogP contribution in [0.5, 0.6) is 0 Å². The van der Waals surface area contributed by atoms with Crippen LogP contribution in [0.4, 0.5) is 0 Å². The van der Waals surface area contributed by atoms with Crippen LogP contribution in [-0.2, 0) is 0 Å². The summed E-state index contributed by atoms with van der Waals surface area (Å²) in [6, 6.07) is 12.3. The van der Waals surface area contributed by atoms with Gasteiger partial charge in [0.1, 0.15) is 5.69 Å². The van der Waals surface area contributed by atoms with Gasteiger partial charge in [-0.3, -0.25) is 15.1 Å². The van der Waals surface area contributed by atoms with Crippen molar-refractivity contribution in [3.05, 3.63) is 82.7 Å². The smallest absolute Gasteiger partial charge is 0.116 e. The zero-order chi connectivity index (χ0) is 21.4. The lowest BCUT2D eigenvalue weighted by Crippen LogP contribution is -2.23. The number of nitrogens with zero attached hydrogens (tertiary/aromatic N) is 3. The van der Waals surface area contributed by atoms with Gasteiger partial charge in [0.25, 0.3) is 0 Å². The van der Waals surface area contributed by atoms with E-state index in [0.717, 1.165) is 49.7 Å². The third-order valence-electron chi connectivity index (χ3n) is 5.24. The third kappa shape index (κ3) is 3.51. The summed E-state index contributed by atoms with van der Waals surface area (Å²) in [5, 5.41) is 10.8. The lowest BCUT2D eigenvalue weighted by Gasteiger charge is -1.98. The zero-order valence-electron chi connectivity index (χ0n) is 17.3. The van der Waals surface area contributed by atoms with Gasteiger partial charge in [0.05, 0.1) is 28.5 Å². The number of thiophene rings is 1. The molecule has 0 aliphatic carbocycles. The second-order valence-corrected chi connectivity index (χ2v) is 8.60. The van der Waals surface area contributed by atoms with E-state index in [2.05, 4.69) is 56.9 Å². The van der Waals surface area contributed by atoms with Gasteiger partial charge in [-0.25, -0.2) is 0 Å². The predicted octanol–water partition coefficient (Wildman–Crippen LogP) is 4.68. The summed E-state index contributed by atoms with van der Waals surface area (Å²) in [6.07, 6.45) is 9.60. The molecule has 6 heteroatoms.